The van der Waals surface area contributed by atoms with Crippen LogP contribution in [0.15, 0.2) is 47.3 Å². The number of carboxylic acids is 3. The molecule has 43 heavy (non-hydrogen) atoms. The highest BCUT2D eigenvalue weighted by molar-refractivity contribution is 5.81. The van der Waals surface area contributed by atoms with Crippen LogP contribution >= 0.6 is 0 Å². The highest BCUT2D eigenvalue weighted by atomic mass is 16.7. The molecule has 5 atom stereocenters. The largest absolute Gasteiger partial charge is 0.481 e. The molecular formula is C30H32N2O11. The van der Waals surface area contributed by atoms with Gasteiger partial charge in [0.25, 0.3) is 5.56 Å². The van der Waals surface area contributed by atoms with Crippen LogP contribution in [-0.2, 0) is 28.7 Å². The predicted octanol–water partition coefficient (Wildman–Crippen LogP) is 2.94. The van der Waals surface area contributed by atoms with Gasteiger partial charge in [0.05, 0.1) is 35.5 Å². The van der Waals surface area contributed by atoms with Gasteiger partial charge in [-0.3, -0.25) is 28.5 Å². The summed E-state index contributed by atoms with van der Waals surface area (Å²) >= 11 is 0. The van der Waals surface area contributed by atoms with Crippen molar-refractivity contribution >= 4 is 34.8 Å². The van der Waals surface area contributed by atoms with Gasteiger partial charge in [-0.15, -0.1) is 0 Å². The minimum Gasteiger partial charge on any atom is -0.481 e. The molecule has 1 aromatic heterocycles. The topological polar surface area (TPSA) is 192 Å². The molecule has 1 fully saturated rings. The molecule has 0 saturated carbocycles. The van der Waals surface area contributed by atoms with Crippen LogP contribution < -0.4 is 10.3 Å². The zero-order chi connectivity index (χ0) is 31.4. The third kappa shape index (κ3) is 7.17. The van der Waals surface area contributed by atoms with E-state index in [1.54, 1.807) is 31.2 Å². The van der Waals surface area contributed by atoms with Crippen molar-refractivity contribution in [2.45, 2.75) is 52.4 Å². The number of carboxylic acid groups (broad SMARTS) is 3. The molecule has 3 N–H and O–H groups in total. The molecule has 0 bridgehead atoms. The van der Waals surface area contributed by atoms with Crippen LogP contribution in [0.1, 0.15) is 37.6 Å². The average molecular weight is 597 g/mol. The van der Waals surface area contributed by atoms with Gasteiger partial charge in [-0.25, -0.2) is 4.98 Å². The normalized spacial score (nSPS) is 21.7. The van der Waals surface area contributed by atoms with Gasteiger partial charge in [-0.1, -0.05) is 18.2 Å². The van der Waals surface area contributed by atoms with Crippen molar-refractivity contribution in [2.75, 3.05) is 6.61 Å². The lowest BCUT2D eigenvalue weighted by atomic mass is 9.71. The van der Waals surface area contributed by atoms with E-state index in [2.05, 4.69) is 4.98 Å². The van der Waals surface area contributed by atoms with E-state index in [1.165, 1.54) is 10.6 Å². The van der Waals surface area contributed by atoms with Crippen LogP contribution in [0.2, 0.25) is 0 Å². The predicted molar refractivity (Wildman–Crippen MR) is 150 cm³/mol. The third-order valence-electron chi connectivity index (χ3n) is 7.52. The summed E-state index contributed by atoms with van der Waals surface area (Å²) < 4.78 is 18.7. The molecule has 1 aliphatic rings. The van der Waals surface area contributed by atoms with Crippen LogP contribution in [0, 0.1) is 31.6 Å². The van der Waals surface area contributed by atoms with E-state index in [4.69, 9.17) is 14.2 Å². The number of rotatable bonds is 11. The Morgan fingerprint density at radius 2 is 1.53 bits per heavy atom. The molecule has 228 valence electrons. The molecule has 0 aliphatic carbocycles. The Hall–Kier alpha value is -4.78. The van der Waals surface area contributed by atoms with Gasteiger partial charge in [0.2, 0.25) is 6.29 Å². The molecular weight excluding hydrogens is 564 g/mol. The van der Waals surface area contributed by atoms with E-state index < -0.39 is 73.3 Å². The Balaban J connectivity index is 1.75. The summed E-state index contributed by atoms with van der Waals surface area (Å²) in [5, 5.41) is 29.4. The quantitative estimate of drug-likeness (QED) is 0.275. The fourth-order valence-corrected chi connectivity index (χ4v) is 5.73. The van der Waals surface area contributed by atoms with E-state index >= 15 is 0 Å². The van der Waals surface area contributed by atoms with Crippen molar-refractivity contribution in [1.29, 1.82) is 0 Å². The van der Waals surface area contributed by atoms with E-state index in [-0.39, 0.29) is 17.9 Å². The highest BCUT2D eigenvalue weighted by Crippen LogP contribution is 2.42. The van der Waals surface area contributed by atoms with E-state index in [9.17, 15) is 39.3 Å². The summed E-state index contributed by atoms with van der Waals surface area (Å²) in [5.74, 6) is -6.94. The van der Waals surface area contributed by atoms with Crippen molar-refractivity contribution in [1.82, 2.24) is 9.55 Å². The summed E-state index contributed by atoms with van der Waals surface area (Å²) in [5.41, 5.74) is 1.42. The fraction of sp³-hybridized carbons (Fsp3) is 0.400. The second-order valence-corrected chi connectivity index (χ2v) is 10.5. The Labute approximate surface area is 245 Å². The number of hydrogen-bond donors (Lipinski definition) is 3. The summed E-state index contributed by atoms with van der Waals surface area (Å²) in [7, 11) is 0. The van der Waals surface area contributed by atoms with Gasteiger partial charge >= 0.3 is 23.9 Å². The number of aliphatic carboxylic acids is 3. The maximum absolute atomic E-state index is 13.5. The smallest absolute Gasteiger partial charge is 0.303 e. The number of carbonyl (C=O) groups excluding carboxylic acids is 1. The van der Waals surface area contributed by atoms with Gasteiger partial charge in [0.1, 0.15) is 18.2 Å². The van der Waals surface area contributed by atoms with Crippen molar-refractivity contribution in [2.24, 2.45) is 17.8 Å². The number of aromatic nitrogens is 2. The number of nitrogens with zero attached hydrogens (tertiary/aromatic N) is 2. The SMILES string of the molecule is CC(=O)OC[C@H]1O[C@@H](Oc2cccc(-n3c(C)nc4cccc(C)c4c3=O)c2)[C@@H](CC(=O)O)[C@H](CC(=O)O)[C@@H]1CC(=O)O. The Bertz CT molecular complexity index is 1620. The van der Waals surface area contributed by atoms with Crippen molar-refractivity contribution in [3.63, 3.8) is 0 Å². The summed E-state index contributed by atoms with van der Waals surface area (Å²) in [6.07, 6.45) is -4.13. The Morgan fingerprint density at radius 1 is 0.907 bits per heavy atom. The molecule has 0 spiro atoms. The first-order chi connectivity index (χ1) is 20.3. The van der Waals surface area contributed by atoms with E-state index in [0.717, 1.165) is 12.5 Å². The van der Waals surface area contributed by atoms with Gasteiger partial charge in [-0.05, 0) is 43.5 Å². The van der Waals surface area contributed by atoms with E-state index in [0.29, 0.717) is 22.4 Å². The molecule has 2 heterocycles. The van der Waals surface area contributed by atoms with Crippen LogP contribution in [0.5, 0.6) is 5.75 Å². The molecule has 1 aliphatic heterocycles. The molecule has 13 nitrogen and oxygen atoms in total. The molecule has 1 saturated heterocycles. The fourth-order valence-electron chi connectivity index (χ4n) is 5.73. The number of carbonyl (C=O) groups is 4. The lowest BCUT2D eigenvalue weighted by Crippen LogP contribution is -2.53. The number of ether oxygens (including phenoxy) is 3. The second-order valence-electron chi connectivity index (χ2n) is 10.5. The van der Waals surface area contributed by atoms with Gasteiger partial charge < -0.3 is 29.5 Å². The molecule has 3 aromatic rings. The van der Waals surface area contributed by atoms with Crippen molar-refractivity contribution < 1.29 is 48.7 Å². The third-order valence-corrected chi connectivity index (χ3v) is 7.52. The summed E-state index contributed by atoms with van der Waals surface area (Å²) in [4.78, 5) is 65.1. The maximum atomic E-state index is 13.5. The average Bonchev–Trinajstić information content (AvgIpc) is 2.90. The zero-order valence-corrected chi connectivity index (χ0v) is 23.8. The Morgan fingerprint density at radius 3 is 2.19 bits per heavy atom. The van der Waals surface area contributed by atoms with Crippen LogP contribution in [-0.4, -0.2) is 67.7 Å². The highest BCUT2D eigenvalue weighted by Gasteiger charge is 2.49. The molecule has 4 rings (SSSR count). The second kappa shape index (κ2) is 13.0. The summed E-state index contributed by atoms with van der Waals surface area (Å²) in [6, 6.07) is 11.8. The van der Waals surface area contributed by atoms with Crippen molar-refractivity contribution in [3.05, 3.63) is 64.2 Å². The van der Waals surface area contributed by atoms with Gasteiger partial charge in [-0.2, -0.15) is 0 Å². The minimum absolute atomic E-state index is 0.172. The lowest BCUT2D eigenvalue weighted by molar-refractivity contribution is -0.237. The monoisotopic (exact) mass is 596 g/mol. The number of benzene rings is 2. The molecule has 0 amide bonds. The van der Waals surface area contributed by atoms with Crippen LogP contribution in [0.3, 0.4) is 0 Å². The minimum atomic E-state index is -1.35. The molecule has 2 aromatic carbocycles. The Kier molecular flexibility index (Phi) is 9.44. The maximum Gasteiger partial charge on any atom is 0.303 e. The van der Waals surface area contributed by atoms with Crippen LogP contribution in [0.25, 0.3) is 16.6 Å². The first kappa shape index (κ1) is 31.2. The van der Waals surface area contributed by atoms with Crippen LogP contribution in [0.4, 0.5) is 0 Å². The lowest BCUT2D eigenvalue weighted by Gasteiger charge is -2.45. The van der Waals surface area contributed by atoms with Gasteiger partial charge in [0.15, 0.2) is 0 Å². The number of hydrogen-bond acceptors (Lipinski definition) is 9. The molecule has 13 heteroatoms. The first-order valence-corrected chi connectivity index (χ1v) is 13.6. The van der Waals surface area contributed by atoms with E-state index in [1.807, 2.05) is 19.1 Å². The molecule has 0 radical (unpaired) electrons. The standard InChI is InChI=1S/C30H32N2O11/c1-15-6-4-9-23-28(15)29(40)32(16(2)31-23)18-7-5-8-19(10-18)42-30-22(13-27(38)39)20(11-25(34)35)21(12-26(36)37)24(43-30)14-41-17(3)33/h4-10,20-22,24,30H,11-14H2,1-3H3,(H,34,35)(H,36,37)(H,38,39)/t20-,21+,22+,24-,30-/m1/s1. The van der Waals surface area contributed by atoms with Gasteiger partial charge in [0, 0.05) is 31.2 Å². The number of fused-ring (bicyclic) bond motifs is 1. The van der Waals surface area contributed by atoms with Crippen molar-refractivity contribution in [3.8, 4) is 11.4 Å². The molecule has 0 unspecified atom stereocenters. The number of esters is 1. The summed E-state index contributed by atoms with van der Waals surface area (Å²) in [6.45, 7) is 4.26. The number of aryl methyl sites for hydroxylation is 2. The first-order valence-electron chi connectivity index (χ1n) is 13.6. The zero-order valence-electron chi connectivity index (χ0n) is 23.8.